The van der Waals surface area contributed by atoms with Crippen LogP contribution in [0, 0.1) is 18.3 Å². The highest BCUT2D eigenvalue weighted by atomic mass is 19.4. The van der Waals surface area contributed by atoms with Gasteiger partial charge in [0.05, 0.1) is 17.6 Å². The van der Waals surface area contributed by atoms with Crippen LogP contribution in [0.15, 0.2) is 30.5 Å². The highest BCUT2D eigenvalue weighted by Crippen LogP contribution is 2.56. The van der Waals surface area contributed by atoms with Crippen molar-refractivity contribution >= 4 is 5.91 Å². The van der Waals surface area contributed by atoms with Gasteiger partial charge < -0.3 is 15.0 Å². The smallest absolute Gasteiger partial charge is 0.417 e. The Morgan fingerprint density at radius 3 is 2.94 bits per heavy atom. The zero-order valence-electron chi connectivity index (χ0n) is 20.5. The number of alkyl halides is 3. The Hall–Kier alpha value is -2.61. The zero-order valence-corrected chi connectivity index (χ0v) is 20.5. The number of nitrogens with zero attached hydrogens (tertiary/aromatic N) is 2. The van der Waals surface area contributed by atoms with Gasteiger partial charge in [-0.2, -0.15) is 13.2 Å². The maximum absolute atomic E-state index is 14.0. The molecule has 0 saturated heterocycles. The number of rotatable bonds is 3. The molecule has 1 aromatic heterocycles. The molecule has 36 heavy (non-hydrogen) atoms. The van der Waals surface area contributed by atoms with Crippen molar-refractivity contribution in [3.63, 3.8) is 0 Å². The van der Waals surface area contributed by atoms with E-state index in [0.29, 0.717) is 36.7 Å². The molecule has 4 atom stereocenters. The first-order valence-electron chi connectivity index (χ1n) is 13.1. The summed E-state index contributed by atoms with van der Waals surface area (Å²) < 4.78 is 45.6. The third kappa shape index (κ3) is 4.07. The van der Waals surface area contributed by atoms with Gasteiger partial charge in [0.25, 0.3) is 0 Å². The molecule has 2 fully saturated rings. The van der Waals surface area contributed by atoms with Gasteiger partial charge >= 0.3 is 6.18 Å². The first-order valence-corrected chi connectivity index (χ1v) is 13.1. The summed E-state index contributed by atoms with van der Waals surface area (Å²) in [5.74, 6) is 1.38. The Kier molecular flexibility index (Phi) is 5.78. The Labute approximate surface area is 209 Å². The molecule has 1 aromatic carbocycles. The van der Waals surface area contributed by atoms with Crippen LogP contribution >= 0.6 is 0 Å². The fraction of sp³-hybridized carbons (Fsp3) is 0.571. The number of aryl methyl sites for hydroxylation is 1. The number of carbonyl (C=O) groups excluding carboxylic acids is 1. The summed E-state index contributed by atoms with van der Waals surface area (Å²) in [6.45, 7) is 3.49. The van der Waals surface area contributed by atoms with E-state index in [1.54, 1.807) is 4.90 Å². The standard InChI is InChI=1S/C28H32F3N3O2/c1-17-4-5-25-22(11-17)24(7-10-36-25)33-21-13-19-3-2-8-27(19,14-21)26(35)34-9-6-23-18(16-34)12-20(15-32-23)28(29,30)31/h4-5,11-12,15,19,21,24,33H,2-3,6-10,13-14,16H2,1H3/t19-,21-,24-,27-/m1/s1. The summed E-state index contributed by atoms with van der Waals surface area (Å²) in [6, 6.07) is 7.93. The largest absolute Gasteiger partial charge is 0.493 e. The van der Waals surface area contributed by atoms with E-state index in [2.05, 4.69) is 29.4 Å². The van der Waals surface area contributed by atoms with Gasteiger partial charge in [-0.05, 0) is 56.2 Å². The molecular formula is C28H32F3N3O2. The number of ether oxygens (including phenoxy) is 1. The second-order valence-electron chi connectivity index (χ2n) is 11.1. The van der Waals surface area contributed by atoms with Crippen LogP contribution in [0.4, 0.5) is 13.2 Å². The summed E-state index contributed by atoms with van der Waals surface area (Å²) >= 11 is 0. The maximum Gasteiger partial charge on any atom is 0.417 e. The van der Waals surface area contributed by atoms with Gasteiger partial charge in [0.1, 0.15) is 5.75 Å². The highest BCUT2D eigenvalue weighted by molar-refractivity contribution is 5.84. The molecule has 2 saturated carbocycles. The summed E-state index contributed by atoms with van der Waals surface area (Å²) in [4.78, 5) is 19.9. The lowest BCUT2D eigenvalue weighted by Gasteiger charge is -2.37. The van der Waals surface area contributed by atoms with Crippen molar-refractivity contribution in [3.8, 4) is 5.75 Å². The van der Waals surface area contributed by atoms with Crippen LogP contribution in [0.5, 0.6) is 5.75 Å². The van der Waals surface area contributed by atoms with Crippen molar-refractivity contribution in [1.82, 2.24) is 15.2 Å². The number of fused-ring (bicyclic) bond motifs is 3. The summed E-state index contributed by atoms with van der Waals surface area (Å²) in [5, 5.41) is 3.87. The molecular weight excluding hydrogens is 467 g/mol. The Balaban J connectivity index is 1.20. The SMILES string of the molecule is Cc1ccc2c(c1)[C@H](N[C@@H]1C[C@H]3CCC[C@@]3(C(=O)N3CCc4ncc(C(F)(F)F)cc4C3)C1)CCO2. The van der Waals surface area contributed by atoms with E-state index < -0.39 is 17.2 Å². The maximum atomic E-state index is 14.0. The van der Waals surface area contributed by atoms with E-state index in [4.69, 9.17) is 4.74 Å². The Bertz CT molecular complexity index is 1180. The number of benzene rings is 1. The normalized spacial score (nSPS) is 29.3. The fourth-order valence-electron chi connectivity index (χ4n) is 7.16. The first kappa shape index (κ1) is 23.8. The van der Waals surface area contributed by atoms with Crippen molar-refractivity contribution < 1.29 is 22.7 Å². The van der Waals surface area contributed by atoms with Crippen LogP contribution in [0.1, 0.15) is 72.5 Å². The van der Waals surface area contributed by atoms with Gasteiger partial charge in [-0.3, -0.25) is 9.78 Å². The second-order valence-corrected chi connectivity index (χ2v) is 11.1. The monoisotopic (exact) mass is 499 g/mol. The molecule has 1 N–H and O–H groups in total. The number of hydrogen-bond donors (Lipinski definition) is 1. The summed E-state index contributed by atoms with van der Waals surface area (Å²) in [7, 11) is 0. The van der Waals surface area contributed by atoms with Crippen LogP contribution in [0.3, 0.4) is 0 Å². The Morgan fingerprint density at radius 2 is 2.11 bits per heavy atom. The van der Waals surface area contributed by atoms with Crippen molar-refractivity contribution in [3.05, 3.63) is 58.4 Å². The number of hydrogen-bond acceptors (Lipinski definition) is 4. The number of pyridine rings is 1. The average Bonchev–Trinajstić information content (AvgIpc) is 3.40. The van der Waals surface area contributed by atoms with Crippen molar-refractivity contribution in [1.29, 1.82) is 0 Å². The lowest BCUT2D eigenvalue weighted by Crippen LogP contribution is -2.47. The van der Waals surface area contributed by atoms with E-state index in [9.17, 15) is 18.0 Å². The minimum absolute atomic E-state index is 0.126. The molecule has 0 radical (unpaired) electrons. The molecule has 6 rings (SSSR count). The van der Waals surface area contributed by atoms with Crippen LogP contribution < -0.4 is 10.1 Å². The highest BCUT2D eigenvalue weighted by Gasteiger charge is 2.56. The topological polar surface area (TPSA) is 54.5 Å². The lowest BCUT2D eigenvalue weighted by molar-refractivity contribution is -0.144. The number of aromatic nitrogens is 1. The number of carbonyl (C=O) groups is 1. The fourth-order valence-corrected chi connectivity index (χ4v) is 7.16. The Morgan fingerprint density at radius 1 is 1.25 bits per heavy atom. The van der Waals surface area contributed by atoms with Gasteiger partial charge in [0.15, 0.2) is 0 Å². The quantitative estimate of drug-likeness (QED) is 0.618. The van der Waals surface area contributed by atoms with Crippen LogP contribution in [0.2, 0.25) is 0 Å². The van der Waals surface area contributed by atoms with E-state index in [0.717, 1.165) is 50.5 Å². The number of nitrogens with one attached hydrogen (secondary N) is 1. The minimum atomic E-state index is -4.44. The number of halogens is 3. The average molecular weight is 500 g/mol. The third-order valence-electron chi connectivity index (χ3n) is 8.86. The van der Waals surface area contributed by atoms with Gasteiger partial charge in [-0.15, -0.1) is 0 Å². The first-order chi connectivity index (χ1) is 17.2. The van der Waals surface area contributed by atoms with Gasteiger partial charge in [-0.1, -0.05) is 24.1 Å². The van der Waals surface area contributed by atoms with E-state index >= 15 is 0 Å². The third-order valence-corrected chi connectivity index (χ3v) is 8.86. The zero-order chi connectivity index (χ0) is 25.1. The van der Waals surface area contributed by atoms with Crippen LogP contribution in [0.25, 0.3) is 0 Å². The van der Waals surface area contributed by atoms with Gasteiger partial charge in [0.2, 0.25) is 5.91 Å². The minimum Gasteiger partial charge on any atom is -0.493 e. The lowest BCUT2D eigenvalue weighted by atomic mass is 9.78. The molecule has 0 bridgehead atoms. The van der Waals surface area contributed by atoms with E-state index in [1.165, 1.54) is 17.2 Å². The van der Waals surface area contributed by atoms with Crippen LogP contribution in [-0.2, 0) is 23.9 Å². The van der Waals surface area contributed by atoms with Crippen molar-refractivity contribution in [2.24, 2.45) is 11.3 Å². The van der Waals surface area contributed by atoms with E-state index in [1.807, 2.05) is 6.07 Å². The molecule has 2 aliphatic heterocycles. The van der Waals surface area contributed by atoms with Gasteiger partial charge in [0, 0.05) is 55.5 Å². The molecule has 4 aliphatic rings. The summed E-state index contributed by atoms with van der Waals surface area (Å²) in [6.07, 6.45) is 2.57. The predicted molar refractivity (Wildman–Crippen MR) is 128 cm³/mol. The van der Waals surface area contributed by atoms with Crippen molar-refractivity contribution in [2.45, 2.75) is 76.7 Å². The molecule has 1 amide bonds. The molecule has 192 valence electrons. The molecule has 8 heteroatoms. The molecule has 0 spiro atoms. The molecule has 3 heterocycles. The summed E-state index contributed by atoms with van der Waals surface area (Å²) in [5.41, 5.74) is 2.44. The molecule has 5 nitrogen and oxygen atoms in total. The van der Waals surface area contributed by atoms with Gasteiger partial charge in [-0.25, -0.2) is 0 Å². The molecule has 2 aliphatic carbocycles. The molecule has 0 unspecified atom stereocenters. The number of amides is 1. The second kappa shape index (κ2) is 8.75. The van der Waals surface area contributed by atoms with E-state index in [-0.39, 0.29) is 24.5 Å². The predicted octanol–water partition coefficient (Wildman–Crippen LogP) is 5.36. The van der Waals surface area contributed by atoms with Crippen LogP contribution in [-0.4, -0.2) is 35.0 Å². The molecule has 2 aromatic rings. The van der Waals surface area contributed by atoms with Crippen molar-refractivity contribution in [2.75, 3.05) is 13.2 Å².